The Morgan fingerprint density at radius 2 is 2.00 bits per heavy atom. The van der Waals surface area contributed by atoms with Crippen LogP contribution in [0.2, 0.25) is 0 Å². The van der Waals surface area contributed by atoms with Gasteiger partial charge < -0.3 is 19.5 Å². The number of rotatable bonds is 6. The zero-order valence-electron chi connectivity index (χ0n) is 16.3. The number of aryl methyl sites for hydroxylation is 1. The highest BCUT2D eigenvalue weighted by Crippen LogP contribution is 2.22. The maximum atomic E-state index is 12.8. The number of piperidine rings is 1. The third kappa shape index (κ3) is 4.71. The van der Waals surface area contributed by atoms with Crippen molar-refractivity contribution < 1.29 is 14.1 Å². The summed E-state index contributed by atoms with van der Waals surface area (Å²) in [6.45, 7) is 3.89. The Morgan fingerprint density at radius 1 is 1.17 bits per heavy atom. The molecule has 0 radical (unpaired) electrons. The first-order valence-electron chi connectivity index (χ1n) is 9.72. The van der Waals surface area contributed by atoms with Crippen LogP contribution < -0.4 is 15.0 Å². The lowest BCUT2D eigenvalue weighted by molar-refractivity contribution is 0.102. The summed E-state index contributed by atoms with van der Waals surface area (Å²) in [5, 5.41) is 6.68. The molecular weight excluding hydrogens is 370 g/mol. The number of nitrogens with zero attached hydrogens (tertiary/aromatic N) is 4. The first-order chi connectivity index (χ1) is 14.2. The molecule has 1 N–H and O–H groups in total. The number of aromatic nitrogens is 3. The van der Waals surface area contributed by atoms with Gasteiger partial charge in [0.05, 0.1) is 17.4 Å². The highest BCUT2D eigenvalue weighted by molar-refractivity contribution is 6.06. The number of ether oxygens (including phenoxy) is 1. The fraction of sp³-hybridized carbons (Fsp3) is 0.333. The number of hydrogen-bond donors (Lipinski definition) is 1. The van der Waals surface area contributed by atoms with Gasteiger partial charge in [0.15, 0.2) is 6.61 Å². The molecule has 3 heterocycles. The van der Waals surface area contributed by atoms with Gasteiger partial charge in [-0.3, -0.25) is 4.79 Å². The van der Waals surface area contributed by atoms with Gasteiger partial charge in [-0.25, -0.2) is 4.98 Å². The minimum absolute atomic E-state index is 0.119. The molecule has 8 nitrogen and oxygen atoms in total. The molecular formula is C21H23N5O3. The van der Waals surface area contributed by atoms with E-state index in [1.54, 1.807) is 31.3 Å². The van der Waals surface area contributed by atoms with E-state index in [0.717, 1.165) is 18.9 Å². The van der Waals surface area contributed by atoms with Gasteiger partial charge in [-0.15, -0.1) is 0 Å². The van der Waals surface area contributed by atoms with Gasteiger partial charge in [-0.05, 0) is 43.5 Å². The third-order valence-electron chi connectivity index (χ3n) is 4.74. The molecule has 1 saturated heterocycles. The predicted molar refractivity (Wildman–Crippen MR) is 108 cm³/mol. The Labute approximate surface area is 168 Å². The largest absolute Gasteiger partial charge is 0.485 e. The molecule has 0 unspecified atom stereocenters. The highest BCUT2D eigenvalue weighted by Gasteiger charge is 2.15. The van der Waals surface area contributed by atoms with E-state index < -0.39 is 0 Å². The van der Waals surface area contributed by atoms with Crippen LogP contribution in [0.4, 0.5) is 11.5 Å². The molecule has 0 spiro atoms. The molecule has 3 aromatic rings. The molecule has 0 saturated carbocycles. The number of pyridine rings is 1. The van der Waals surface area contributed by atoms with E-state index in [9.17, 15) is 4.79 Å². The molecule has 1 amide bonds. The van der Waals surface area contributed by atoms with Crippen LogP contribution in [0.3, 0.4) is 0 Å². The van der Waals surface area contributed by atoms with Gasteiger partial charge in [0.2, 0.25) is 11.7 Å². The lowest BCUT2D eigenvalue weighted by Crippen LogP contribution is -2.30. The predicted octanol–water partition coefficient (Wildman–Crippen LogP) is 3.59. The van der Waals surface area contributed by atoms with Crippen molar-refractivity contribution in [2.45, 2.75) is 32.8 Å². The number of hydrogen-bond acceptors (Lipinski definition) is 7. The van der Waals surface area contributed by atoms with Crippen molar-refractivity contribution in [2.24, 2.45) is 0 Å². The molecule has 0 atom stereocenters. The maximum absolute atomic E-state index is 12.8. The van der Waals surface area contributed by atoms with Gasteiger partial charge in [0.25, 0.3) is 5.91 Å². The Bertz CT molecular complexity index is 964. The van der Waals surface area contributed by atoms with Gasteiger partial charge in [-0.1, -0.05) is 17.3 Å². The molecule has 0 aliphatic carbocycles. The number of anilines is 2. The Balaban J connectivity index is 1.41. The zero-order chi connectivity index (χ0) is 20.1. The Hall–Kier alpha value is -3.42. The standard InChI is InChI=1S/C21H23N5O3/c1-15-23-19(25-29-15)14-28-18-8-4-3-7-17(18)21(27)24-16-9-10-20(22-13-16)26-11-5-2-6-12-26/h3-4,7-10,13H,2,5-6,11-12,14H2,1H3,(H,24,27). The molecule has 150 valence electrons. The summed E-state index contributed by atoms with van der Waals surface area (Å²) < 4.78 is 10.7. The van der Waals surface area contributed by atoms with Crippen LogP contribution in [0, 0.1) is 6.92 Å². The van der Waals surface area contributed by atoms with Crippen molar-refractivity contribution in [3.8, 4) is 5.75 Å². The van der Waals surface area contributed by atoms with Crippen molar-refractivity contribution in [3.05, 3.63) is 59.9 Å². The second-order valence-corrected chi connectivity index (χ2v) is 6.92. The third-order valence-corrected chi connectivity index (χ3v) is 4.74. The van der Waals surface area contributed by atoms with Gasteiger partial charge in [0.1, 0.15) is 11.6 Å². The topological polar surface area (TPSA) is 93.4 Å². The van der Waals surface area contributed by atoms with Crippen molar-refractivity contribution in [1.29, 1.82) is 0 Å². The van der Waals surface area contributed by atoms with Crippen molar-refractivity contribution in [3.63, 3.8) is 0 Å². The average Bonchev–Trinajstić information content (AvgIpc) is 3.19. The number of para-hydroxylation sites is 1. The summed E-state index contributed by atoms with van der Waals surface area (Å²) in [4.78, 5) is 23.6. The lowest BCUT2D eigenvalue weighted by atomic mass is 10.1. The first-order valence-corrected chi connectivity index (χ1v) is 9.72. The fourth-order valence-corrected chi connectivity index (χ4v) is 3.29. The summed E-state index contributed by atoms with van der Waals surface area (Å²) in [6, 6.07) is 10.9. The average molecular weight is 393 g/mol. The first kappa shape index (κ1) is 18.9. The molecule has 1 aliphatic rings. The summed E-state index contributed by atoms with van der Waals surface area (Å²) in [7, 11) is 0. The van der Waals surface area contributed by atoms with E-state index in [0.29, 0.717) is 28.7 Å². The van der Waals surface area contributed by atoms with E-state index in [4.69, 9.17) is 9.26 Å². The maximum Gasteiger partial charge on any atom is 0.259 e. The molecule has 8 heteroatoms. The van der Waals surface area contributed by atoms with Gasteiger partial charge in [0, 0.05) is 20.0 Å². The quantitative estimate of drug-likeness (QED) is 0.684. The van der Waals surface area contributed by atoms with E-state index in [1.807, 2.05) is 18.2 Å². The summed E-state index contributed by atoms with van der Waals surface area (Å²) in [5.41, 5.74) is 1.06. The smallest absolute Gasteiger partial charge is 0.259 e. The van der Waals surface area contributed by atoms with Crippen LogP contribution in [0.25, 0.3) is 0 Å². The zero-order valence-corrected chi connectivity index (χ0v) is 16.3. The van der Waals surface area contributed by atoms with Crippen LogP contribution in [0.5, 0.6) is 5.75 Å². The second-order valence-electron chi connectivity index (χ2n) is 6.92. The minimum Gasteiger partial charge on any atom is -0.485 e. The molecule has 1 fully saturated rings. The molecule has 4 rings (SSSR count). The summed E-state index contributed by atoms with van der Waals surface area (Å²) in [6.07, 6.45) is 5.35. The van der Waals surface area contributed by atoms with Crippen LogP contribution in [0.15, 0.2) is 47.1 Å². The molecule has 2 aromatic heterocycles. The summed E-state index contributed by atoms with van der Waals surface area (Å²) >= 11 is 0. The van der Waals surface area contributed by atoms with Gasteiger partial charge >= 0.3 is 0 Å². The van der Waals surface area contributed by atoms with E-state index >= 15 is 0 Å². The molecule has 1 aliphatic heterocycles. The van der Waals surface area contributed by atoms with Crippen molar-refractivity contribution in [2.75, 3.05) is 23.3 Å². The number of amides is 1. The van der Waals surface area contributed by atoms with E-state index in [2.05, 4.69) is 25.3 Å². The SMILES string of the molecule is Cc1nc(COc2ccccc2C(=O)Nc2ccc(N3CCCCC3)nc2)no1. The van der Waals surface area contributed by atoms with Crippen LogP contribution in [-0.4, -0.2) is 34.1 Å². The van der Waals surface area contributed by atoms with E-state index in [-0.39, 0.29) is 12.5 Å². The number of nitrogens with one attached hydrogen (secondary N) is 1. The minimum atomic E-state index is -0.266. The number of carbonyl (C=O) groups is 1. The van der Waals surface area contributed by atoms with Crippen molar-refractivity contribution >= 4 is 17.4 Å². The summed E-state index contributed by atoms with van der Waals surface area (Å²) in [5.74, 6) is 2.02. The highest BCUT2D eigenvalue weighted by atomic mass is 16.5. The Kier molecular flexibility index (Phi) is 5.69. The molecule has 29 heavy (non-hydrogen) atoms. The molecule has 1 aromatic carbocycles. The van der Waals surface area contributed by atoms with Crippen LogP contribution >= 0.6 is 0 Å². The normalized spacial score (nSPS) is 13.9. The van der Waals surface area contributed by atoms with Gasteiger partial charge in [-0.2, -0.15) is 4.98 Å². The number of carbonyl (C=O) groups excluding carboxylic acids is 1. The fourth-order valence-electron chi connectivity index (χ4n) is 3.29. The van der Waals surface area contributed by atoms with Crippen molar-refractivity contribution in [1.82, 2.24) is 15.1 Å². The van der Waals surface area contributed by atoms with E-state index in [1.165, 1.54) is 19.3 Å². The monoisotopic (exact) mass is 393 g/mol. The van der Waals surface area contributed by atoms with Crippen LogP contribution in [-0.2, 0) is 6.61 Å². The number of benzene rings is 1. The van der Waals surface area contributed by atoms with Crippen LogP contribution in [0.1, 0.15) is 41.3 Å². The lowest BCUT2D eigenvalue weighted by Gasteiger charge is -2.27. The Morgan fingerprint density at radius 3 is 2.72 bits per heavy atom. The molecule has 0 bridgehead atoms. The second kappa shape index (κ2) is 8.72.